The monoisotopic (exact) mass is 413 g/mol. The number of carbonyl (C=O) groups excluding carboxylic acids is 1. The van der Waals surface area contributed by atoms with Gasteiger partial charge in [-0.25, -0.2) is 4.79 Å². The first-order valence-corrected chi connectivity index (χ1v) is 10.5. The van der Waals surface area contributed by atoms with Gasteiger partial charge in [0.2, 0.25) is 0 Å². The predicted octanol–water partition coefficient (Wildman–Crippen LogP) is 5.42. The van der Waals surface area contributed by atoms with E-state index in [2.05, 4.69) is 6.07 Å². The maximum Gasteiger partial charge on any atom is 0.410 e. The highest BCUT2D eigenvalue weighted by Gasteiger charge is 2.46. The van der Waals surface area contributed by atoms with Gasteiger partial charge in [0.25, 0.3) is 0 Å². The summed E-state index contributed by atoms with van der Waals surface area (Å²) in [6.45, 7) is 7.03. The summed E-state index contributed by atoms with van der Waals surface area (Å²) in [5, 5.41) is 11.2. The first kappa shape index (κ1) is 20.8. The van der Waals surface area contributed by atoms with Crippen molar-refractivity contribution in [1.29, 1.82) is 0 Å². The van der Waals surface area contributed by atoms with Crippen LogP contribution >= 0.6 is 23.2 Å². The molecule has 150 valence electrons. The third kappa shape index (κ3) is 4.55. The van der Waals surface area contributed by atoms with Crippen LogP contribution in [0.3, 0.4) is 0 Å². The molecular formula is C21H29Cl2NO3. The molecule has 27 heavy (non-hydrogen) atoms. The Bertz CT molecular complexity index is 693. The van der Waals surface area contributed by atoms with Crippen LogP contribution in [0.5, 0.6) is 0 Å². The second-order valence-electron chi connectivity index (χ2n) is 8.93. The molecule has 0 bridgehead atoms. The summed E-state index contributed by atoms with van der Waals surface area (Å²) < 4.78 is 5.56. The standard InChI is InChI=1S/C21H29Cl2NO3/c1-20(2,3)27-19(26)24-11-8-15(13-24)21(9-6-16(25)7-10-21)14-4-5-17(22)18(23)12-14/h4-5,12,15-16,25H,6-11,13H2,1-3H3/t15-,16?,21?/m0/s1. The Hall–Kier alpha value is -0.970. The number of hydrogen-bond donors (Lipinski definition) is 1. The zero-order valence-electron chi connectivity index (χ0n) is 16.3. The van der Waals surface area contributed by atoms with Gasteiger partial charge < -0.3 is 14.7 Å². The van der Waals surface area contributed by atoms with E-state index >= 15 is 0 Å². The van der Waals surface area contributed by atoms with E-state index in [0.29, 0.717) is 29.1 Å². The lowest BCUT2D eigenvalue weighted by Gasteiger charge is -2.44. The number of rotatable bonds is 2. The SMILES string of the molecule is CC(C)(C)OC(=O)N1CC[C@H](C2(c3ccc(Cl)c(Cl)c3)CCC(O)CC2)C1. The van der Waals surface area contributed by atoms with E-state index in [-0.39, 0.29) is 17.6 Å². The first-order chi connectivity index (χ1) is 12.6. The van der Waals surface area contributed by atoms with Crippen LogP contribution in [0, 0.1) is 5.92 Å². The van der Waals surface area contributed by atoms with E-state index in [4.69, 9.17) is 27.9 Å². The van der Waals surface area contributed by atoms with Crippen LogP contribution in [0.25, 0.3) is 0 Å². The topological polar surface area (TPSA) is 49.8 Å². The van der Waals surface area contributed by atoms with Gasteiger partial charge in [0, 0.05) is 18.5 Å². The van der Waals surface area contributed by atoms with E-state index in [1.54, 1.807) is 0 Å². The number of carbonyl (C=O) groups is 1. The molecule has 6 heteroatoms. The molecule has 1 saturated carbocycles. The lowest BCUT2D eigenvalue weighted by molar-refractivity contribution is 0.0263. The number of benzene rings is 1. The van der Waals surface area contributed by atoms with Crippen LogP contribution in [0.15, 0.2) is 18.2 Å². The van der Waals surface area contributed by atoms with E-state index in [1.807, 2.05) is 37.8 Å². The molecule has 0 aromatic heterocycles. The minimum absolute atomic E-state index is 0.0930. The lowest BCUT2D eigenvalue weighted by Crippen LogP contribution is -2.42. The number of aliphatic hydroxyl groups excluding tert-OH is 1. The lowest BCUT2D eigenvalue weighted by atomic mass is 9.61. The summed E-state index contributed by atoms with van der Waals surface area (Å²) >= 11 is 12.4. The van der Waals surface area contributed by atoms with Crippen molar-refractivity contribution in [2.24, 2.45) is 5.92 Å². The van der Waals surface area contributed by atoms with Crippen molar-refractivity contribution in [2.45, 2.75) is 70.0 Å². The number of ether oxygens (including phenoxy) is 1. The highest BCUT2D eigenvalue weighted by molar-refractivity contribution is 6.42. The highest BCUT2D eigenvalue weighted by Crippen LogP contribution is 2.49. The van der Waals surface area contributed by atoms with Crippen molar-refractivity contribution in [2.75, 3.05) is 13.1 Å². The largest absolute Gasteiger partial charge is 0.444 e. The molecule has 1 aliphatic carbocycles. The van der Waals surface area contributed by atoms with E-state index < -0.39 is 5.60 Å². The Balaban J connectivity index is 1.84. The van der Waals surface area contributed by atoms with Gasteiger partial charge in [0.05, 0.1) is 16.1 Å². The second-order valence-corrected chi connectivity index (χ2v) is 9.74. The zero-order valence-corrected chi connectivity index (χ0v) is 17.8. The minimum Gasteiger partial charge on any atom is -0.444 e. The Labute approximate surface area is 171 Å². The second kappa shape index (κ2) is 7.81. The molecule has 2 fully saturated rings. The Kier molecular flexibility index (Phi) is 6.00. The molecule has 1 heterocycles. The molecule has 3 rings (SSSR count). The number of hydrogen-bond acceptors (Lipinski definition) is 3. The van der Waals surface area contributed by atoms with Gasteiger partial charge in [-0.05, 0) is 76.5 Å². The summed E-state index contributed by atoms with van der Waals surface area (Å²) in [5.41, 5.74) is 0.579. The van der Waals surface area contributed by atoms with Crippen LogP contribution in [-0.4, -0.2) is 40.9 Å². The van der Waals surface area contributed by atoms with Crippen LogP contribution < -0.4 is 0 Å². The normalized spacial score (nSPS) is 29.0. The summed E-state index contributed by atoms with van der Waals surface area (Å²) in [6, 6.07) is 5.88. The molecule has 1 N–H and O–H groups in total. The molecule has 1 aromatic carbocycles. The fourth-order valence-electron chi connectivity index (χ4n) is 4.56. The third-order valence-corrected chi connectivity index (χ3v) is 6.70. The molecule has 1 aliphatic heterocycles. The van der Waals surface area contributed by atoms with Crippen molar-refractivity contribution in [3.8, 4) is 0 Å². The van der Waals surface area contributed by atoms with Crippen LogP contribution in [0.1, 0.15) is 58.4 Å². The Morgan fingerprint density at radius 3 is 2.44 bits per heavy atom. The summed E-state index contributed by atoms with van der Waals surface area (Å²) in [5.74, 6) is 0.315. The number of amides is 1. The smallest absolute Gasteiger partial charge is 0.410 e. The number of halogens is 2. The fourth-order valence-corrected chi connectivity index (χ4v) is 4.86. The number of likely N-dealkylation sites (tertiary alicyclic amines) is 1. The zero-order chi connectivity index (χ0) is 19.8. The maximum atomic E-state index is 12.5. The molecule has 2 aliphatic rings. The summed E-state index contributed by atoms with van der Waals surface area (Å²) in [7, 11) is 0. The fraction of sp³-hybridized carbons (Fsp3) is 0.667. The third-order valence-electron chi connectivity index (χ3n) is 5.96. The molecule has 1 saturated heterocycles. The molecule has 0 spiro atoms. The van der Waals surface area contributed by atoms with Gasteiger partial charge in [0.1, 0.15) is 5.60 Å². The van der Waals surface area contributed by atoms with E-state index in [0.717, 1.165) is 32.1 Å². The average Bonchev–Trinajstić information content (AvgIpc) is 3.08. The predicted molar refractivity (Wildman–Crippen MR) is 109 cm³/mol. The van der Waals surface area contributed by atoms with Gasteiger partial charge in [-0.1, -0.05) is 29.3 Å². The van der Waals surface area contributed by atoms with Gasteiger partial charge in [-0.2, -0.15) is 0 Å². The molecule has 0 unspecified atom stereocenters. The van der Waals surface area contributed by atoms with Crippen molar-refractivity contribution in [3.63, 3.8) is 0 Å². The summed E-state index contributed by atoms with van der Waals surface area (Å²) in [4.78, 5) is 14.3. The van der Waals surface area contributed by atoms with Gasteiger partial charge in [-0.3, -0.25) is 0 Å². The number of nitrogens with zero attached hydrogens (tertiary/aromatic N) is 1. The highest BCUT2D eigenvalue weighted by atomic mass is 35.5. The van der Waals surface area contributed by atoms with Crippen LogP contribution in [0.4, 0.5) is 4.79 Å². The molecule has 1 atom stereocenters. The quantitative estimate of drug-likeness (QED) is 0.703. The van der Waals surface area contributed by atoms with E-state index in [1.165, 1.54) is 5.56 Å². The molecule has 1 amide bonds. The van der Waals surface area contributed by atoms with Gasteiger partial charge in [-0.15, -0.1) is 0 Å². The van der Waals surface area contributed by atoms with Crippen molar-refractivity contribution in [1.82, 2.24) is 4.90 Å². The number of aliphatic hydroxyl groups is 1. The molecule has 4 nitrogen and oxygen atoms in total. The van der Waals surface area contributed by atoms with Gasteiger partial charge in [0.15, 0.2) is 0 Å². The van der Waals surface area contributed by atoms with E-state index in [9.17, 15) is 9.90 Å². The first-order valence-electron chi connectivity index (χ1n) is 9.72. The average molecular weight is 414 g/mol. The molecular weight excluding hydrogens is 385 g/mol. The van der Waals surface area contributed by atoms with Crippen molar-refractivity contribution in [3.05, 3.63) is 33.8 Å². The summed E-state index contributed by atoms with van der Waals surface area (Å²) in [6.07, 6.45) is 3.74. The molecule has 0 radical (unpaired) electrons. The Morgan fingerprint density at radius 2 is 1.85 bits per heavy atom. The van der Waals surface area contributed by atoms with Crippen LogP contribution in [0.2, 0.25) is 10.0 Å². The van der Waals surface area contributed by atoms with Crippen molar-refractivity contribution >= 4 is 29.3 Å². The van der Waals surface area contributed by atoms with Crippen molar-refractivity contribution < 1.29 is 14.6 Å². The Morgan fingerprint density at radius 1 is 1.19 bits per heavy atom. The minimum atomic E-state index is -0.495. The molecule has 1 aromatic rings. The van der Waals surface area contributed by atoms with Gasteiger partial charge >= 0.3 is 6.09 Å². The van der Waals surface area contributed by atoms with Crippen LogP contribution in [-0.2, 0) is 10.2 Å². The maximum absolute atomic E-state index is 12.5.